The molecule has 1 aromatic carbocycles. The van der Waals surface area contributed by atoms with Crippen LogP contribution < -0.4 is 5.32 Å². The van der Waals surface area contributed by atoms with E-state index in [2.05, 4.69) is 18.0 Å². The average Bonchev–Trinajstić information content (AvgIpc) is 2.60. The van der Waals surface area contributed by atoms with Gasteiger partial charge in [0.2, 0.25) is 0 Å². The molecule has 1 aliphatic rings. The molecule has 2 heteroatoms. The van der Waals surface area contributed by atoms with Gasteiger partial charge in [-0.05, 0) is 16.7 Å². The van der Waals surface area contributed by atoms with Crippen molar-refractivity contribution in [1.29, 1.82) is 0 Å². The number of hydrogen-bond acceptors (Lipinski definition) is 2. The molecule has 1 heterocycles. The summed E-state index contributed by atoms with van der Waals surface area (Å²) in [5.74, 6) is 0. The molecule has 2 nitrogen and oxygen atoms in total. The first-order valence-corrected chi connectivity index (χ1v) is 4.45. The Bertz CT molecular complexity index is 333. The summed E-state index contributed by atoms with van der Waals surface area (Å²) < 4.78 is 0. The minimum absolute atomic E-state index is 0.106. The van der Waals surface area contributed by atoms with Crippen LogP contribution in [-0.4, -0.2) is 11.7 Å². The first-order chi connectivity index (χ1) is 6.36. The lowest BCUT2D eigenvalue weighted by atomic mass is 10.0. The summed E-state index contributed by atoms with van der Waals surface area (Å²) >= 11 is 0. The normalized spacial score (nSPS) is 19.9. The van der Waals surface area contributed by atoms with E-state index < -0.39 is 0 Å². The van der Waals surface area contributed by atoms with Crippen molar-refractivity contribution < 1.29 is 5.11 Å². The number of rotatable bonds is 2. The number of nitrogens with one attached hydrogen (secondary N) is 1. The topological polar surface area (TPSA) is 32.3 Å². The zero-order valence-electron chi connectivity index (χ0n) is 7.46. The van der Waals surface area contributed by atoms with E-state index in [0.717, 1.165) is 6.54 Å². The van der Waals surface area contributed by atoms with Crippen molar-refractivity contribution in [2.45, 2.75) is 12.6 Å². The summed E-state index contributed by atoms with van der Waals surface area (Å²) in [6.45, 7) is 4.77. The van der Waals surface area contributed by atoms with Gasteiger partial charge in [0.1, 0.15) is 0 Å². The second-order valence-corrected chi connectivity index (χ2v) is 3.24. The molecular formula is C11H13NO. The fraction of sp³-hybridized carbons (Fsp3) is 0.273. The molecule has 0 radical (unpaired) electrons. The summed E-state index contributed by atoms with van der Waals surface area (Å²) in [6.07, 6.45) is 1.86. The van der Waals surface area contributed by atoms with Crippen molar-refractivity contribution in [2.75, 3.05) is 6.61 Å². The van der Waals surface area contributed by atoms with Crippen LogP contribution in [0.4, 0.5) is 0 Å². The van der Waals surface area contributed by atoms with E-state index in [1.165, 1.54) is 16.7 Å². The summed E-state index contributed by atoms with van der Waals surface area (Å²) in [6, 6.07) is 6.22. The fourth-order valence-corrected chi connectivity index (χ4v) is 1.84. The maximum Gasteiger partial charge on any atom is 0.0626 e. The van der Waals surface area contributed by atoms with E-state index >= 15 is 0 Å². The highest BCUT2D eigenvalue weighted by Crippen LogP contribution is 2.27. The van der Waals surface area contributed by atoms with E-state index in [1.54, 1.807) is 0 Å². The van der Waals surface area contributed by atoms with Crippen molar-refractivity contribution >= 4 is 6.08 Å². The molecule has 2 N–H and O–H groups in total. The second kappa shape index (κ2) is 3.32. The Morgan fingerprint density at radius 1 is 1.62 bits per heavy atom. The zero-order chi connectivity index (χ0) is 9.26. The molecule has 1 aliphatic heterocycles. The number of aliphatic hydroxyl groups is 1. The first-order valence-electron chi connectivity index (χ1n) is 4.45. The highest BCUT2D eigenvalue weighted by Gasteiger charge is 2.21. The zero-order valence-corrected chi connectivity index (χ0v) is 7.46. The largest absolute Gasteiger partial charge is 0.394 e. The molecule has 0 fully saturated rings. The molecule has 0 bridgehead atoms. The van der Waals surface area contributed by atoms with Crippen molar-refractivity contribution in [3.05, 3.63) is 41.5 Å². The summed E-state index contributed by atoms with van der Waals surface area (Å²) in [5.41, 5.74) is 3.65. The van der Waals surface area contributed by atoms with Crippen LogP contribution in [0.25, 0.3) is 6.08 Å². The molecule has 1 aromatic rings. The SMILES string of the molecule is C=Cc1cccc2c1CN[C@@H]2CO. The fourth-order valence-electron chi connectivity index (χ4n) is 1.84. The smallest absolute Gasteiger partial charge is 0.0626 e. The third kappa shape index (κ3) is 1.28. The van der Waals surface area contributed by atoms with Crippen LogP contribution in [0.5, 0.6) is 0 Å². The Kier molecular flexibility index (Phi) is 2.17. The Hall–Kier alpha value is -1.12. The first kappa shape index (κ1) is 8.48. The van der Waals surface area contributed by atoms with Crippen molar-refractivity contribution in [3.8, 4) is 0 Å². The molecule has 0 saturated carbocycles. The van der Waals surface area contributed by atoms with E-state index in [1.807, 2.05) is 18.2 Å². The molecular weight excluding hydrogens is 162 g/mol. The third-order valence-corrected chi connectivity index (χ3v) is 2.55. The van der Waals surface area contributed by atoms with Crippen LogP contribution in [0.1, 0.15) is 22.7 Å². The Balaban J connectivity index is 2.48. The van der Waals surface area contributed by atoms with Crippen LogP contribution in [0.15, 0.2) is 24.8 Å². The van der Waals surface area contributed by atoms with Gasteiger partial charge >= 0.3 is 0 Å². The van der Waals surface area contributed by atoms with E-state index in [9.17, 15) is 0 Å². The van der Waals surface area contributed by atoms with Crippen LogP contribution in [0.2, 0.25) is 0 Å². The van der Waals surface area contributed by atoms with Gasteiger partial charge in [0.15, 0.2) is 0 Å². The van der Waals surface area contributed by atoms with Gasteiger partial charge < -0.3 is 10.4 Å². The quantitative estimate of drug-likeness (QED) is 0.713. The minimum atomic E-state index is 0.106. The molecule has 0 aromatic heterocycles. The third-order valence-electron chi connectivity index (χ3n) is 2.55. The number of hydrogen-bond donors (Lipinski definition) is 2. The van der Waals surface area contributed by atoms with E-state index in [-0.39, 0.29) is 12.6 Å². The molecule has 68 valence electrons. The maximum absolute atomic E-state index is 9.09. The summed E-state index contributed by atoms with van der Waals surface area (Å²) in [4.78, 5) is 0. The molecule has 0 aliphatic carbocycles. The monoisotopic (exact) mass is 175 g/mol. The van der Waals surface area contributed by atoms with Gasteiger partial charge in [0, 0.05) is 6.54 Å². The van der Waals surface area contributed by atoms with Crippen molar-refractivity contribution in [2.24, 2.45) is 0 Å². The van der Waals surface area contributed by atoms with Crippen molar-refractivity contribution in [3.63, 3.8) is 0 Å². The lowest BCUT2D eigenvalue weighted by Crippen LogP contribution is -2.15. The van der Waals surface area contributed by atoms with Gasteiger partial charge in [-0.1, -0.05) is 30.9 Å². The summed E-state index contributed by atoms with van der Waals surface area (Å²) in [5, 5.41) is 12.3. The van der Waals surface area contributed by atoms with Crippen LogP contribution >= 0.6 is 0 Å². The Labute approximate surface area is 77.9 Å². The lowest BCUT2D eigenvalue weighted by molar-refractivity contribution is 0.251. The molecule has 1 atom stereocenters. The lowest BCUT2D eigenvalue weighted by Gasteiger charge is -2.07. The number of aliphatic hydroxyl groups excluding tert-OH is 1. The van der Waals surface area contributed by atoms with Gasteiger partial charge in [-0.25, -0.2) is 0 Å². The van der Waals surface area contributed by atoms with Gasteiger partial charge in [-0.2, -0.15) is 0 Å². The number of fused-ring (bicyclic) bond motifs is 1. The average molecular weight is 175 g/mol. The Morgan fingerprint density at radius 2 is 2.46 bits per heavy atom. The van der Waals surface area contributed by atoms with Crippen LogP contribution in [-0.2, 0) is 6.54 Å². The van der Waals surface area contributed by atoms with Gasteiger partial charge in [0.05, 0.1) is 12.6 Å². The number of benzene rings is 1. The van der Waals surface area contributed by atoms with Crippen molar-refractivity contribution in [1.82, 2.24) is 5.32 Å². The summed E-state index contributed by atoms with van der Waals surface area (Å²) in [7, 11) is 0. The minimum Gasteiger partial charge on any atom is -0.394 e. The van der Waals surface area contributed by atoms with Crippen LogP contribution in [0, 0.1) is 0 Å². The standard InChI is InChI=1S/C11H13NO/c1-2-8-4-3-5-9-10(8)6-12-11(9)7-13/h2-5,11-13H,1,6-7H2/t11-/m1/s1. The predicted molar refractivity (Wildman–Crippen MR) is 53.2 cm³/mol. The highest BCUT2D eigenvalue weighted by atomic mass is 16.3. The molecule has 0 unspecified atom stereocenters. The maximum atomic E-state index is 9.09. The molecule has 0 spiro atoms. The molecule has 2 rings (SSSR count). The van der Waals surface area contributed by atoms with Gasteiger partial charge in [-0.3, -0.25) is 0 Å². The predicted octanol–water partition coefficient (Wildman–Crippen LogP) is 1.47. The van der Waals surface area contributed by atoms with Crippen LogP contribution in [0.3, 0.4) is 0 Å². The second-order valence-electron chi connectivity index (χ2n) is 3.24. The van der Waals surface area contributed by atoms with Gasteiger partial charge in [0.25, 0.3) is 0 Å². The molecule has 0 saturated heterocycles. The highest BCUT2D eigenvalue weighted by molar-refractivity contribution is 5.56. The Morgan fingerprint density at radius 3 is 3.15 bits per heavy atom. The van der Waals surface area contributed by atoms with Gasteiger partial charge in [-0.15, -0.1) is 0 Å². The van der Waals surface area contributed by atoms with E-state index in [4.69, 9.17) is 5.11 Å². The molecule has 0 amide bonds. The molecule has 13 heavy (non-hydrogen) atoms. The van der Waals surface area contributed by atoms with E-state index in [0.29, 0.717) is 0 Å².